The van der Waals surface area contributed by atoms with Gasteiger partial charge in [0.25, 0.3) is 5.91 Å². The van der Waals surface area contributed by atoms with Crippen molar-refractivity contribution in [1.82, 2.24) is 4.57 Å². The molecule has 0 saturated heterocycles. The van der Waals surface area contributed by atoms with Gasteiger partial charge in [-0.1, -0.05) is 36.4 Å². The van der Waals surface area contributed by atoms with Crippen molar-refractivity contribution in [2.45, 2.75) is 0 Å². The molecule has 0 fully saturated rings. The number of hydrogen-bond donors (Lipinski definition) is 0. The van der Waals surface area contributed by atoms with Gasteiger partial charge in [-0.05, 0) is 54.1 Å². The second-order valence-corrected chi connectivity index (χ2v) is 6.70. The van der Waals surface area contributed by atoms with E-state index in [9.17, 15) is 9.18 Å². The molecule has 0 N–H and O–H groups in total. The number of rotatable bonds is 3. The van der Waals surface area contributed by atoms with Crippen molar-refractivity contribution in [2.75, 3.05) is 0 Å². The Balaban J connectivity index is 0.00000225. The highest BCUT2D eigenvalue weighted by Gasteiger charge is 2.16. The van der Waals surface area contributed by atoms with Gasteiger partial charge in [0, 0.05) is 10.9 Å². The molecule has 1 aromatic heterocycles. The third-order valence-electron chi connectivity index (χ3n) is 4.05. The minimum atomic E-state index is -0.316. The molecule has 0 amide bonds. The fourth-order valence-electron chi connectivity index (χ4n) is 2.73. The van der Waals surface area contributed by atoms with Crippen LogP contribution in [0.4, 0.5) is 10.1 Å². The molecule has 0 aliphatic carbocycles. The van der Waals surface area contributed by atoms with Crippen LogP contribution in [0.1, 0.15) is 10.4 Å². The number of thiazole rings is 1. The number of aromatic nitrogens is 1. The van der Waals surface area contributed by atoms with Crippen LogP contribution in [0.25, 0.3) is 11.3 Å². The average Bonchev–Trinajstić information content (AvgIpc) is 3.13. The van der Waals surface area contributed by atoms with Gasteiger partial charge in [-0.2, -0.15) is 0 Å². The lowest BCUT2D eigenvalue weighted by Crippen LogP contribution is -2.24. The molecule has 4 rings (SSSR count). The van der Waals surface area contributed by atoms with Gasteiger partial charge in [0.1, 0.15) is 5.82 Å². The second-order valence-electron chi connectivity index (χ2n) is 5.86. The summed E-state index contributed by atoms with van der Waals surface area (Å²) in [4.78, 5) is 18.4. The van der Waals surface area contributed by atoms with E-state index >= 15 is 0 Å². The Kier molecular flexibility index (Phi) is 6.34. The van der Waals surface area contributed by atoms with Crippen molar-refractivity contribution in [1.29, 1.82) is 0 Å². The molecule has 0 radical (unpaired) electrons. The summed E-state index contributed by atoms with van der Waals surface area (Å²) in [5.74, 6) is -0.491. The van der Waals surface area contributed by atoms with Gasteiger partial charge in [0.05, 0.1) is 11.4 Å². The Bertz CT molecular complexity index is 1140. The Labute approximate surface area is 176 Å². The summed E-state index contributed by atoms with van der Waals surface area (Å²) in [6.07, 6.45) is 0. The zero-order valence-electron chi connectivity index (χ0n) is 14.7. The topological polar surface area (TPSA) is 34.4 Å². The quantitative estimate of drug-likeness (QED) is 0.381. The minimum absolute atomic E-state index is 0. The Hall–Kier alpha value is -2.83. The lowest BCUT2D eigenvalue weighted by molar-refractivity contribution is 0.0959. The third-order valence-corrected chi connectivity index (χ3v) is 4.88. The molecule has 0 bridgehead atoms. The Morgan fingerprint density at radius 1 is 0.857 bits per heavy atom. The van der Waals surface area contributed by atoms with E-state index in [0.29, 0.717) is 16.1 Å². The van der Waals surface area contributed by atoms with Crippen molar-refractivity contribution in [3.63, 3.8) is 0 Å². The maximum absolute atomic E-state index is 13.3. The number of halogens is 2. The highest BCUT2D eigenvalue weighted by Crippen LogP contribution is 2.22. The van der Waals surface area contributed by atoms with Crippen molar-refractivity contribution in [3.05, 3.63) is 106 Å². The Morgan fingerprint density at radius 2 is 1.46 bits per heavy atom. The molecule has 0 aliphatic rings. The average molecular weight is 455 g/mol. The number of benzene rings is 3. The van der Waals surface area contributed by atoms with Crippen LogP contribution in [0.2, 0.25) is 0 Å². The first-order valence-electron chi connectivity index (χ1n) is 8.38. The van der Waals surface area contributed by atoms with Gasteiger partial charge in [0.2, 0.25) is 0 Å². The van der Waals surface area contributed by atoms with Gasteiger partial charge in [-0.3, -0.25) is 9.36 Å². The standard InChI is InChI=1S/C22H15FN2OS.BrH/c23-18-13-11-16(12-14-18)20-15-27-22(24-19-9-5-2-6-10-19)25(20)21(26)17-7-3-1-4-8-17;/h1-15H;1H. The predicted molar refractivity (Wildman–Crippen MR) is 116 cm³/mol. The molecule has 0 unspecified atom stereocenters. The van der Waals surface area contributed by atoms with E-state index in [-0.39, 0.29) is 28.7 Å². The monoisotopic (exact) mass is 454 g/mol. The first-order chi connectivity index (χ1) is 13.2. The zero-order valence-corrected chi connectivity index (χ0v) is 17.2. The van der Waals surface area contributed by atoms with E-state index in [1.807, 2.05) is 53.9 Å². The summed E-state index contributed by atoms with van der Waals surface area (Å²) in [6.45, 7) is 0. The molecule has 0 aliphatic heterocycles. The molecule has 140 valence electrons. The normalized spacial score (nSPS) is 11.1. The third kappa shape index (κ3) is 4.18. The van der Waals surface area contributed by atoms with Crippen molar-refractivity contribution in [2.24, 2.45) is 4.99 Å². The summed E-state index contributed by atoms with van der Waals surface area (Å²) in [6, 6.07) is 24.6. The lowest BCUT2D eigenvalue weighted by Gasteiger charge is -2.08. The molecule has 4 aromatic rings. The van der Waals surface area contributed by atoms with Crippen molar-refractivity contribution < 1.29 is 9.18 Å². The SMILES string of the molecule is Br.O=C(c1ccccc1)n1c(-c2ccc(F)cc2)csc1=Nc1ccccc1. The molecule has 3 aromatic carbocycles. The summed E-state index contributed by atoms with van der Waals surface area (Å²) in [7, 11) is 0. The van der Waals surface area contributed by atoms with Gasteiger partial charge >= 0.3 is 0 Å². The summed E-state index contributed by atoms with van der Waals surface area (Å²) in [5.41, 5.74) is 2.77. The van der Waals surface area contributed by atoms with Gasteiger partial charge in [-0.25, -0.2) is 9.38 Å². The highest BCUT2D eigenvalue weighted by molar-refractivity contribution is 8.93. The van der Waals surface area contributed by atoms with Crippen LogP contribution in [0.5, 0.6) is 0 Å². The molecule has 0 saturated carbocycles. The Morgan fingerprint density at radius 3 is 2.11 bits per heavy atom. The molecule has 1 heterocycles. The van der Waals surface area contributed by atoms with E-state index in [1.165, 1.54) is 23.5 Å². The number of hydrogen-bond acceptors (Lipinski definition) is 3. The number of carbonyl (C=O) groups excluding carboxylic acids is 1. The van der Waals surface area contributed by atoms with E-state index in [1.54, 1.807) is 28.8 Å². The fourth-order valence-corrected chi connectivity index (χ4v) is 3.63. The maximum atomic E-state index is 13.3. The summed E-state index contributed by atoms with van der Waals surface area (Å²) in [5, 5.41) is 1.87. The number of nitrogens with zero attached hydrogens (tertiary/aromatic N) is 2. The number of para-hydroxylation sites is 1. The highest BCUT2D eigenvalue weighted by atomic mass is 79.9. The first kappa shape index (κ1) is 19.9. The molecule has 0 spiro atoms. The van der Waals surface area contributed by atoms with E-state index in [2.05, 4.69) is 4.99 Å². The van der Waals surface area contributed by atoms with Crippen LogP contribution in [0.15, 0.2) is 95.3 Å². The summed E-state index contributed by atoms with van der Waals surface area (Å²) < 4.78 is 14.9. The maximum Gasteiger partial charge on any atom is 0.264 e. The van der Waals surface area contributed by atoms with Crippen LogP contribution >= 0.6 is 28.3 Å². The van der Waals surface area contributed by atoms with Crippen LogP contribution in [0, 0.1) is 5.82 Å². The van der Waals surface area contributed by atoms with Crippen molar-refractivity contribution >= 4 is 39.9 Å². The zero-order chi connectivity index (χ0) is 18.6. The van der Waals surface area contributed by atoms with E-state index < -0.39 is 0 Å². The van der Waals surface area contributed by atoms with Crippen LogP contribution < -0.4 is 4.80 Å². The predicted octanol–water partition coefficient (Wildman–Crippen LogP) is 5.85. The number of carbonyl (C=O) groups is 1. The van der Waals surface area contributed by atoms with E-state index in [4.69, 9.17) is 0 Å². The van der Waals surface area contributed by atoms with Gasteiger partial charge < -0.3 is 0 Å². The molecule has 6 heteroatoms. The van der Waals surface area contributed by atoms with Gasteiger partial charge in [-0.15, -0.1) is 28.3 Å². The minimum Gasteiger partial charge on any atom is -0.268 e. The molecular weight excluding hydrogens is 439 g/mol. The van der Waals surface area contributed by atoms with Crippen LogP contribution in [-0.4, -0.2) is 10.5 Å². The molecular formula is C22H16BrFN2OS. The smallest absolute Gasteiger partial charge is 0.264 e. The van der Waals surface area contributed by atoms with Crippen LogP contribution in [0.3, 0.4) is 0 Å². The first-order valence-corrected chi connectivity index (χ1v) is 9.26. The molecule has 0 atom stereocenters. The molecule has 28 heavy (non-hydrogen) atoms. The van der Waals surface area contributed by atoms with Crippen LogP contribution in [-0.2, 0) is 0 Å². The largest absolute Gasteiger partial charge is 0.268 e. The molecule has 3 nitrogen and oxygen atoms in total. The van der Waals surface area contributed by atoms with Crippen molar-refractivity contribution in [3.8, 4) is 11.3 Å². The fraction of sp³-hybridized carbons (Fsp3) is 0. The van der Waals surface area contributed by atoms with Gasteiger partial charge in [0.15, 0.2) is 4.80 Å². The second kappa shape index (κ2) is 8.91. The summed E-state index contributed by atoms with van der Waals surface area (Å²) >= 11 is 1.37. The van der Waals surface area contributed by atoms with E-state index in [0.717, 1.165) is 11.3 Å². The lowest BCUT2D eigenvalue weighted by atomic mass is 10.1.